The minimum atomic E-state index is -1.99. The predicted molar refractivity (Wildman–Crippen MR) is 412 cm³/mol. The molecule has 0 aliphatic heterocycles. The number of guanidine groups is 2. The lowest BCUT2D eigenvalue weighted by Gasteiger charge is -2.28. The van der Waals surface area contributed by atoms with Crippen LogP contribution in [0.15, 0.2) is 128 Å². The van der Waals surface area contributed by atoms with E-state index < -0.39 is 175 Å². The number of nitrogens with one attached hydrogen (secondary N) is 17. The zero-order valence-corrected chi connectivity index (χ0v) is 62.5. The molecule has 0 unspecified atom stereocenters. The summed E-state index contributed by atoms with van der Waals surface area (Å²) in [6, 6.07) is 15.1. The van der Waals surface area contributed by atoms with Crippen molar-refractivity contribution in [3.05, 3.63) is 156 Å². The number of fused-ring (bicyclic) bond motifs is 1. The highest BCUT2D eigenvalue weighted by Crippen LogP contribution is 2.21. The molecule has 602 valence electrons. The van der Waals surface area contributed by atoms with Crippen molar-refractivity contribution < 1.29 is 72.5 Å². The van der Waals surface area contributed by atoms with E-state index in [-0.39, 0.29) is 88.7 Å². The minimum Gasteiger partial charge on any atom is -0.508 e. The molecule has 4 aromatic carbocycles. The van der Waals surface area contributed by atoms with E-state index in [1.165, 1.54) is 24.7 Å². The number of nitrogens with zero attached hydrogens (tertiary/aromatic N) is 1. The summed E-state index contributed by atoms with van der Waals surface area (Å²) in [5, 5.41) is 69.7. The van der Waals surface area contributed by atoms with Crippen molar-refractivity contribution in [2.75, 3.05) is 26.2 Å². The van der Waals surface area contributed by atoms with Gasteiger partial charge in [0.1, 0.15) is 60.1 Å². The van der Waals surface area contributed by atoms with Gasteiger partial charge in [0, 0.05) is 62.1 Å². The minimum absolute atomic E-state index is 0.00210. The number of carboxylic acids is 1. The molecule has 0 bridgehead atoms. The first-order valence-electron chi connectivity index (χ1n) is 36.5. The molecule has 27 N–H and O–H groups in total. The van der Waals surface area contributed by atoms with Gasteiger partial charge in [-0.15, -0.1) is 0 Å². The van der Waals surface area contributed by atoms with Crippen LogP contribution >= 0.6 is 0 Å². The van der Waals surface area contributed by atoms with Crippen molar-refractivity contribution in [1.29, 1.82) is 10.8 Å². The number of rotatable bonds is 47. The number of aromatic amines is 2. The van der Waals surface area contributed by atoms with Gasteiger partial charge >= 0.3 is 5.97 Å². The van der Waals surface area contributed by atoms with Gasteiger partial charge in [-0.1, -0.05) is 125 Å². The average molecular weight is 1550 g/mol. The normalized spacial score (nSPS) is 13.7. The summed E-state index contributed by atoms with van der Waals surface area (Å²) < 4.78 is 0. The van der Waals surface area contributed by atoms with Crippen LogP contribution in [-0.2, 0) is 94.4 Å². The molecule has 0 aliphatic rings. The first kappa shape index (κ1) is 87.9. The summed E-state index contributed by atoms with van der Waals surface area (Å²) in [5.74, 6) is -13.8. The monoisotopic (exact) mass is 1550 g/mol. The number of carbonyl (C=O) groups is 13. The third-order valence-electron chi connectivity index (χ3n) is 17.7. The van der Waals surface area contributed by atoms with E-state index in [2.05, 4.69) is 84.1 Å². The average Bonchev–Trinajstić information content (AvgIpc) is 1.76. The number of carbonyl (C=O) groups excluding carboxylic acids is 12. The lowest BCUT2D eigenvalue weighted by atomic mass is 10.00. The van der Waals surface area contributed by atoms with Crippen LogP contribution < -0.4 is 92.1 Å². The van der Waals surface area contributed by atoms with Crippen molar-refractivity contribution >= 4 is 99.7 Å². The molecule has 37 nitrogen and oxygen atoms in total. The van der Waals surface area contributed by atoms with Crippen molar-refractivity contribution in [2.45, 2.75) is 165 Å². The third-order valence-corrected chi connectivity index (χ3v) is 17.7. The summed E-state index contributed by atoms with van der Waals surface area (Å²) in [6.07, 6.45) is 3.17. The molecule has 0 aliphatic carbocycles. The van der Waals surface area contributed by atoms with Crippen LogP contribution in [0.5, 0.6) is 5.75 Å². The van der Waals surface area contributed by atoms with E-state index in [9.17, 15) is 58.2 Å². The summed E-state index contributed by atoms with van der Waals surface area (Å²) in [6.45, 7) is 3.91. The summed E-state index contributed by atoms with van der Waals surface area (Å²) in [7, 11) is 0. The van der Waals surface area contributed by atoms with E-state index >= 15 is 14.4 Å². The van der Waals surface area contributed by atoms with Gasteiger partial charge in [0.25, 0.3) is 0 Å². The third kappa shape index (κ3) is 30.2. The standard InChI is InChI=1S/C75H102N22O15/c1-4-5-21-52(92-73(112)63(42(2)3)97-64(103)50(76)31-45-25-27-48(98)28-26-45)65(104)87-40-61(100)89-58(35-47-38-82-41-88-47)71(110)94-56(33-44-18-10-7-11-19-44)69(108)90-54(24-15-30-84-75(80)81)68(107)95-57(34-46-37-85-51-22-13-12-20-49(46)51)70(109)96-59(36-62(101)102)72(111)91-53(23-14-29-83-74(78)79)67(106)93-55(66(105)86-39-60(77)99)32-43-16-8-6-9-17-43/h6-13,16-20,22,25-28,37-38,41-42,50,52-59,63,85,98H,4-5,14-15,21,23-24,29-36,39-40,76H2,1-3H3,(H2,77,99)(H,82,88)(H,86,105)(H,87,104)(H,89,100)(H,90,108)(H,91,111)(H,92,112)(H,93,106)(H,94,110)(H,95,107)(H,96,109)(H,97,103)(H,101,102)(H4,78,79,83)(H4,80,81,84)/t50-,52-,53-,54-,55-,56+,57+,58-,59-,63-/m0/s1. The Morgan fingerprint density at radius 3 is 1.43 bits per heavy atom. The number of phenols is 1. The van der Waals surface area contributed by atoms with Gasteiger partial charge in [0.15, 0.2) is 11.9 Å². The van der Waals surface area contributed by atoms with Gasteiger partial charge in [-0.25, -0.2) is 4.98 Å². The number of amides is 12. The van der Waals surface area contributed by atoms with Gasteiger partial charge in [-0.05, 0) is 84.9 Å². The Morgan fingerprint density at radius 1 is 0.464 bits per heavy atom. The van der Waals surface area contributed by atoms with Crippen LogP contribution in [-0.4, -0.2) is 201 Å². The number of aromatic nitrogens is 3. The maximum absolute atomic E-state index is 15.2. The van der Waals surface area contributed by atoms with Crippen molar-refractivity contribution in [3.8, 4) is 5.75 Å². The van der Waals surface area contributed by atoms with Crippen molar-refractivity contribution in [1.82, 2.24) is 84.1 Å². The molecule has 0 radical (unpaired) electrons. The second kappa shape index (κ2) is 45.1. The fourth-order valence-corrected chi connectivity index (χ4v) is 11.8. The molecule has 6 aromatic rings. The largest absolute Gasteiger partial charge is 0.508 e. The van der Waals surface area contributed by atoms with Crippen LogP contribution in [0.1, 0.15) is 100 Å². The molecule has 6 rings (SSSR count). The molecular weight excluding hydrogens is 1450 g/mol. The van der Waals surface area contributed by atoms with Crippen LogP contribution in [0.25, 0.3) is 10.9 Å². The van der Waals surface area contributed by atoms with Gasteiger partial charge in [-0.2, -0.15) is 0 Å². The molecule has 0 saturated carbocycles. The molecule has 2 heterocycles. The molecule has 2 aromatic heterocycles. The SMILES string of the molecule is CCCC[C@H](NC(=O)[C@@H](NC(=O)[C@@H](N)Cc1ccc(O)cc1)C(C)C)C(=O)NCC(=O)N[C@@H](Cc1c[nH]cn1)C(=O)N[C@H](Cc1ccccc1)C(=O)N[C@@H](CCCNC(=N)N)C(=O)N[C@H](Cc1c[nH]c2ccccc12)C(=O)N[C@@H](CC(=O)O)C(=O)N[C@@H](CCCNC(=N)N)C(=O)N[C@@H](Cc1ccccc1)C(=O)NCC(N)=O. The number of aliphatic carboxylic acids is 1. The lowest BCUT2D eigenvalue weighted by molar-refractivity contribution is -0.141. The smallest absolute Gasteiger partial charge is 0.305 e. The molecule has 12 amide bonds. The summed E-state index contributed by atoms with van der Waals surface area (Å²) >= 11 is 0. The first-order chi connectivity index (χ1) is 53.5. The molecule has 0 spiro atoms. The maximum atomic E-state index is 15.2. The van der Waals surface area contributed by atoms with E-state index in [1.807, 2.05) is 6.92 Å². The molecule has 37 heteroatoms. The van der Waals surface area contributed by atoms with Crippen LogP contribution in [0.3, 0.4) is 0 Å². The highest BCUT2D eigenvalue weighted by atomic mass is 16.4. The molecule has 10 atom stereocenters. The first-order valence-corrected chi connectivity index (χ1v) is 36.5. The van der Waals surface area contributed by atoms with Gasteiger partial charge in [0.2, 0.25) is 70.9 Å². The number of aromatic hydroxyl groups is 1. The van der Waals surface area contributed by atoms with E-state index in [0.717, 1.165) is 0 Å². The second-order valence-corrected chi connectivity index (χ2v) is 27.1. The molecular formula is C75H102N22O15. The zero-order valence-electron chi connectivity index (χ0n) is 62.5. The van der Waals surface area contributed by atoms with Crippen molar-refractivity contribution in [2.24, 2.45) is 28.9 Å². The molecule has 0 fully saturated rings. The Balaban J connectivity index is 1.25. The zero-order chi connectivity index (χ0) is 81.8. The predicted octanol–water partition coefficient (Wildman–Crippen LogP) is -2.63. The summed E-state index contributed by atoms with van der Waals surface area (Å²) in [5.41, 5.74) is 25.7. The fourth-order valence-electron chi connectivity index (χ4n) is 11.8. The number of hydrogen-bond donors (Lipinski definition) is 23. The lowest BCUT2D eigenvalue weighted by Crippen LogP contribution is -2.61. The van der Waals surface area contributed by atoms with Gasteiger partial charge in [-0.3, -0.25) is 73.1 Å². The van der Waals surface area contributed by atoms with E-state index in [0.29, 0.717) is 46.0 Å². The highest BCUT2D eigenvalue weighted by Gasteiger charge is 2.37. The number of para-hydroxylation sites is 1. The number of nitrogens with two attached hydrogens (primary N) is 4. The highest BCUT2D eigenvalue weighted by molar-refractivity contribution is 6.00. The van der Waals surface area contributed by atoms with Gasteiger partial charge < -0.3 is 112 Å². The Morgan fingerprint density at radius 2 is 0.911 bits per heavy atom. The van der Waals surface area contributed by atoms with E-state index in [1.54, 1.807) is 117 Å². The van der Waals surface area contributed by atoms with E-state index in [4.69, 9.17) is 33.8 Å². The summed E-state index contributed by atoms with van der Waals surface area (Å²) in [4.78, 5) is 192. The Hall–Kier alpha value is -13.0. The number of H-pyrrole nitrogens is 2. The fraction of sp³-hybridized carbons (Fsp3) is 0.413. The van der Waals surface area contributed by atoms with Crippen molar-refractivity contribution in [3.63, 3.8) is 0 Å². The van der Waals surface area contributed by atoms with Crippen LogP contribution in [0, 0.1) is 16.7 Å². The number of imidazole rings is 1. The number of carboxylic acid groups (broad SMARTS) is 1. The quantitative estimate of drug-likeness (QED) is 0.0106. The number of benzene rings is 4. The topological polar surface area (TPSA) is 615 Å². The van der Waals surface area contributed by atoms with Gasteiger partial charge in [0.05, 0.1) is 37.6 Å². The Kier molecular flexibility index (Phi) is 35.4. The number of phenolic OH excluding ortho intramolecular Hbond substituents is 1. The second-order valence-electron chi connectivity index (χ2n) is 27.1. The van der Waals surface area contributed by atoms with Crippen LogP contribution in [0.4, 0.5) is 0 Å². The molecule has 112 heavy (non-hydrogen) atoms. The Bertz CT molecular complexity index is 4180. The number of unbranched alkanes of at least 4 members (excludes halogenated alkanes) is 1. The molecule has 0 saturated heterocycles. The number of hydrogen-bond acceptors (Lipinski definition) is 18. The maximum Gasteiger partial charge on any atom is 0.305 e. The van der Waals surface area contributed by atoms with Crippen LogP contribution in [0.2, 0.25) is 0 Å². The Labute approximate surface area is 645 Å². The number of primary amides is 1.